The molecule has 0 bridgehead atoms. The van der Waals surface area contributed by atoms with Crippen molar-refractivity contribution < 1.29 is 8.42 Å². The van der Waals surface area contributed by atoms with E-state index in [0.29, 0.717) is 6.42 Å². The predicted octanol–water partition coefficient (Wildman–Crippen LogP) is 1.46. The van der Waals surface area contributed by atoms with Crippen molar-refractivity contribution in [3.63, 3.8) is 0 Å². The Morgan fingerprint density at radius 2 is 2.13 bits per heavy atom. The lowest BCUT2D eigenvalue weighted by Gasteiger charge is -2.09. The van der Waals surface area contributed by atoms with Crippen LogP contribution in [0, 0.1) is 0 Å². The van der Waals surface area contributed by atoms with E-state index in [9.17, 15) is 8.42 Å². The molecule has 1 N–H and O–H groups in total. The van der Waals surface area contributed by atoms with E-state index in [2.05, 4.69) is 11.4 Å². The molecule has 0 fully saturated rings. The number of hydrogen-bond acceptors (Lipinski definition) is 3. The van der Waals surface area contributed by atoms with Crippen LogP contribution >= 0.6 is 0 Å². The monoisotopic (exact) mass is 225 g/mol. The van der Waals surface area contributed by atoms with E-state index in [4.69, 9.17) is 0 Å². The highest BCUT2D eigenvalue weighted by Crippen LogP contribution is 2.26. The second kappa shape index (κ2) is 3.85. The quantitative estimate of drug-likeness (QED) is 0.847. The van der Waals surface area contributed by atoms with Crippen molar-refractivity contribution in [1.29, 1.82) is 0 Å². The molecule has 0 aromatic heterocycles. The maximum absolute atomic E-state index is 11.0. The van der Waals surface area contributed by atoms with Crippen LogP contribution < -0.4 is 5.32 Å². The van der Waals surface area contributed by atoms with Gasteiger partial charge in [-0.2, -0.15) is 0 Å². The maximum Gasteiger partial charge on any atom is 0.147 e. The molecule has 0 spiro atoms. The summed E-state index contributed by atoms with van der Waals surface area (Å²) in [6.07, 6.45) is 2.91. The van der Waals surface area contributed by atoms with Gasteiger partial charge in [0.2, 0.25) is 0 Å². The Kier molecular flexibility index (Phi) is 2.69. The third kappa shape index (κ3) is 2.72. The zero-order chi connectivity index (χ0) is 10.9. The number of benzene rings is 1. The van der Waals surface area contributed by atoms with Crippen LogP contribution in [0.3, 0.4) is 0 Å². The molecule has 2 rings (SSSR count). The molecule has 1 aliphatic heterocycles. The molecule has 1 atom stereocenters. The van der Waals surface area contributed by atoms with Crippen LogP contribution in [0.25, 0.3) is 0 Å². The van der Waals surface area contributed by atoms with E-state index in [1.165, 1.54) is 11.8 Å². The fourth-order valence-electron chi connectivity index (χ4n) is 1.91. The number of nitrogens with one attached hydrogen (secondary N) is 1. The Balaban J connectivity index is 1.96. The molecule has 15 heavy (non-hydrogen) atoms. The van der Waals surface area contributed by atoms with Crippen LogP contribution in [-0.2, 0) is 16.3 Å². The Labute approximate surface area is 90.4 Å². The molecule has 1 aliphatic rings. The van der Waals surface area contributed by atoms with E-state index in [0.717, 1.165) is 12.1 Å². The Morgan fingerprint density at radius 1 is 1.40 bits per heavy atom. The van der Waals surface area contributed by atoms with Gasteiger partial charge in [0.1, 0.15) is 9.84 Å². The number of hydrogen-bond donors (Lipinski definition) is 1. The molecule has 3 nitrogen and oxygen atoms in total. The third-order valence-corrected chi connectivity index (χ3v) is 3.66. The van der Waals surface area contributed by atoms with Crippen LogP contribution in [0.4, 0.5) is 5.69 Å². The van der Waals surface area contributed by atoms with Gasteiger partial charge in [0.15, 0.2) is 0 Å². The standard InChI is InChI=1S/C11H15NO2S/c1-15(13,14)7-6-10-8-9-4-2-3-5-11(9)12-10/h2-5,10,12H,6-8H2,1H3. The lowest BCUT2D eigenvalue weighted by molar-refractivity contribution is 0.594. The second-order valence-corrected chi connectivity index (χ2v) is 6.38. The van der Waals surface area contributed by atoms with Crippen molar-refractivity contribution in [2.45, 2.75) is 18.9 Å². The molecule has 0 saturated heterocycles. The molecule has 1 aromatic rings. The predicted molar refractivity (Wildman–Crippen MR) is 61.9 cm³/mol. The van der Waals surface area contributed by atoms with Gasteiger partial charge in [0, 0.05) is 18.0 Å². The number of anilines is 1. The smallest absolute Gasteiger partial charge is 0.147 e. The van der Waals surface area contributed by atoms with Crippen molar-refractivity contribution in [2.24, 2.45) is 0 Å². The van der Waals surface area contributed by atoms with E-state index < -0.39 is 9.84 Å². The minimum absolute atomic E-state index is 0.263. The summed E-state index contributed by atoms with van der Waals surface area (Å²) >= 11 is 0. The number of sulfone groups is 1. The van der Waals surface area contributed by atoms with Crippen LogP contribution in [0.2, 0.25) is 0 Å². The Bertz CT molecular complexity index is 428. The SMILES string of the molecule is CS(=O)(=O)CCC1Cc2ccccc2N1. The van der Waals surface area contributed by atoms with E-state index in [-0.39, 0.29) is 11.8 Å². The van der Waals surface area contributed by atoms with Gasteiger partial charge >= 0.3 is 0 Å². The van der Waals surface area contributed by atoms with Gasteiger partial charge in [-0.15, -0.1) is 0 Å². The van der Waals surface area contributed by atoms with Crippen LogP contribution in [0.1, 0.15) is 12.0 Å². The number of para-hydroxylation sites is 1. The summed E-state index contributed by atoms with van der Waals surface area (Å²) in [4.78, 5) is 0. The first-order valence-electron chi connectivity index (χ1n) is 5.07. The van der Waals surface area contributed by atoms with Gasteiger partial charge in [0.05, 0.1) is 5.75 Å². The van der Waals surface area contributed by atoms with Crippen molar-refractivity contribution in [3.05, 3.63) is 29.8 Å². The minimum Gasteiger partial charge on any atom is -0.382 e. The van der Waals surface area contributed by atoms with Crippen molar-refractivity contribution >= 4 is 15.5 Å². The second-order valence-electron chi connectivity index (χ2n) is 4.12. The summed E-state index contributed by atoms with van der Waals surface area (Å²) in [5.41, 5.74) is 2.44. The van der Waals surface area contributed by atoms with Crippen molar-refractivity contribution in [2.75, 3.05) is 17.3 Å². The normalized spacial score (nSPS) is 19.7. The van der Waals surface area contributed by atoms with Crippen LogP contribution in [0.5, 0.6) is 0 Å². The van der Waals surface area contributed by atoms with Gasteiger partial charge in [-0.25, -0.2) is 8.42 Å². The molecular weight excluding hydrogens is 210 g/mol. The molecule has 1 aromatic carbocycles. The summed E-state index contributed by atoms with van der Waals surface area (Å²) < 4.78 is 22.1. The Hall–Kier alpha value is -1.03. The summed E-state index contributed by atoms with van der Waals surface area (Å²) in [5, 5.41) is 3.34. The fourth-order valence-corrected chi connectivity index (χ4v) is 2.62. The van der Waals surface area contributed by atoms with E-state index in [1.807, 2.05) is 18.2 Å². The van der Waals surface area contributed by atoms with Gasteiger partial charge in [-0.3, -0.25) is 0 Å². The lowest BCUT2D eigenvalue weighted by atomic mass is 10.1. The highest BCUT2D eigenvalue weighted by molar-refractivity contribution is 7.90. The summed E-state index contributed by atoms with van der Waals surface area (Å²) in [6.45, 7) is 0. The molecule has 4 heteroatoms. The first-order chi connectivity index (χ1) is 7.04. The van der Waals surface area contributed by atoms with Gasteiger partial charge in [0.25, 0.3) is 0 Å². The first kappa shape index (κ1) is 10.5. The lowest BCUT2D eigenvalue weighted by Crippen LogP contribution is -2.19. The van der Waals surface area contributed by atoms with Crippen LogP contribution in [0.15, 0.2) is 24.3 Å². The fraction of sp³-hybridized carbons (Fsp3) is 0.455. The van der Waals surface area contributed by atoms with Crippen molar-refractivity contribution in [1.82, 2.24) is 0 Å². The molecule has 0 saturated carbocycles. The van der Waals surface area contributed by atoms with Gasteiger partial charge in [-0.05, 0) is 24.5 Å². The summed E-state index contributed by atoms with van der Waals surface area (Å²) in [6, 6.07) is 8.40. The highest BCUT2D eigenvalue weighted by Gasteiger charge is 2.20. The molecule has 1 heterocycles. The summed E-state index contributed by atoms with van der Waals surface area (Å²) in [5.74, 6) is 0.263. The molecule has 0 aliphatic carbocycles. The maximum atomic E-state index is 11.0. The highest BCUT2D eigenvalue weighted by atomic mass is 32.2. The Morgan fingerprint density at radius 3 is 2.80 bits per heavy atom. The van der Waals surface area contributed by atoms with Gasteiger partial charge in [-0.1, -0.05) is 18.2 Å². The average Bonchev–Trinajstić information content (AvgIpc) is 2.56. The third-order valence-electron chi connectivity index (χ3n) is 2.68. The van der Waals surface area contributed by atoms with E-state index in [1.54, 1.807) is 0 Å². The first-order valence-corrected chi connectivity index (χ1v) is 7.13. The molecule has 0 radical (unpaired) electrons. The minimum atomic E-state index is -2.84. The number of rotatable bonds is 3. The summed E-state index contributed by atoms with van der Waals surface area (Å²) in [7, 11) is -2.84. The molecule has 0 amide bonds. The largest absolute Gasteiger partial charge is 0.382 e. The van der Waals surface area contributed by atoms with E-state index >= 15 is 0 Å². The van der Waals surface area contributed by atoms with Crippen LogP contribution in [-0.4, -0.2) is 26.5 Å². The van der Waals surface area contributed by atoms with Crippen molar-refractivity contribution in [3.8, 4) is 0 Å². The topological polar surface area (TPSA) is 46.2 Å². The zero-order valence-corrected chi connectivity index (χ0v) is 9.55. The molecule has 82 valence electrons. The number of fused-ring (bicyclic) bond motifs is 1. The van der Waals surface area contributed by atoms with Gasteiger partial charge < -0.3 is 5.32 Å². The molecule has 1 unspecified atom stereocenters. The average molecular weight is 225 g/mol. The molecular formula is C11H15NO2S. The zero-order valence-electron chi connectivity index (χ0n) is 8.73.